The van der Waals surface area contributed by atoms with Crippen LogP contribution < -0.4 is 15.5 Å². The monoisotopic (exact) mass is 362 g/mol. The van der Waals surface area contributed by atoms with Gasteiger partial charge < -0.3 is 15.5 Å². The van der Waals surface area contributed by atoms with E-state index >= 15 is 0 Å². The van der Waals surface area contributed by atoms with Crippen molar-refractivity contribution < 1.29 is 9.72 Å². The number of rotatable bonds is 4. The highest BCUT2D eigenvalue weighted by molar-refractivity contribution is 7.13. The summed E-state index contributed by atoms with van der Waals surface area (Å²) in [7, 11) is 0. The van der Waals surface area contributed by atoms with Crippen LogP contribution in [0, 0.1) is 17.0 Å². The minimum Gasteiger partial charge on any atom is -0.365 e. The van der Waals surface area contributed by atoms with Crippen LogP contribution in [-0.2, 0) is 0 Å². The Hall–Kier alpha value is -2.75. The normalized spacial score (nSPS) is 15.1. The lowest BCUT2D eigenvalue weighted by Gasteiger charge is -2.23. The summed E-state index contributed by atoms with van der Waals surface area (Å²) in [5, 5.41) is 13.9. The molecule has 2 aromatic heterocycles. The van der Waals surface area contributed by atoms with Gasteiger partial charge in [-0.05, 0) is 13.3 Å². The Balaban J connectivity index is 1.82. The molecule has 0 atom stereocenters. The summed E-state index contributed by atoms with van der Waals surface area (Å²) in [6.45, 7) is 4.85. The van der Waals surface area contributed by atoms with E-state index in [0.29, 0.717) is 18.9 Å². The fourth-order valence-electron chi connectivity index (χ4n) is 2.79. The highest BCUT2D eigenvalue weighted by Crippen LogP contribution is 2.26. The molecule has 0 radical (unpaired) electrons. The second-order valence-electron chi connectivity index (χ2n) is 5.79. The Morgan fingerprint density at radius 1 is 1.32 bits per heavy atom. The summed E-state index contributed by atoms with van der Waals surface area (Å²) in [6, 6.07) is 1.19. The molecular weight excluding hydrogens is 344 g/mol. The highest BCUT2D eigenvalue weighted by atomic mass is 32.1. The molecule has 0 aromatic carbocycles. The Kier molecular flexibility index (Phi) is 4.79. The number of aryl methyl sites for hydroxylation is 1. The average molecular weight is 362 g/mol. The molecule has 132 valence electrons. The molecule has 3 rings (SSSR count). The number of hydrogen-bond acceptors (Lipinski definition) is 8. The molecule has 1 aliphatic rings. The van der Waals surface area contributed by atoms with E-state index in [1.807, 2.05) is 17.2 Å². The molecule has 0 unspecified atom stereocenters. The number of pyridine rings is 1. The number of nitrogens with zero attached hydrogens (tertiary/aromatic N) is 5. The molecule has 0 saturated carbocycles. The zero-order valence-electron chi connectivity index (χ0n) is 13.7. The molecular formula is C15H18N6O3S. The summed E-state index contributed by atoms with van der Waals surface area (Å²) in [6.07, 6.45) is 2.02. The quantitative estimate of drug-likeness (QED) is 0.647. The van der Waals surface area contributed by atoms with Gasteiger partial charge in [-0.2, -0.15) is 0 Å². The van der Waals surface area contributed by atoms with Gasteiger partial charge in [0.25, 0.3) is 11.6 Å². The van der Waals surface area contributed by atoms with Crippen LogP contribution in [0.5, 0.6) is 0 Å². The van der Waals surface area contributed by atoms with Gasteiger partial charge >= 0.3 is 0 Å². The topological polar surface area (TPSA) is 118 Å². The second-order valence-corrected chi connectivity index (χ2v) is 6.62. The van der Waals surface area contributed by atoms with E-state index in [4.69, 9.17) is 5.73 Å². The van der Waals surface area contributed by atoms with Crippen molar-refractivity contribution in [2.45, 2.75) is 13.3 Å². The standard InChI is InChI=1S/C15H18N6O3S/c1-10-9-25-15(18-10)20-4-2-3-19(5-6-20)14-12(13(16)22)7-11(8-17-14)21(23)24/h7-9H,2-6H2,1H3,(H2,16,22). The van der Waals surface area contributed by atoms with E-state index in [2.05, 4.69) is 14.9 Å². The largest absolute Gasteiger partial charge is 0.365 e. The number of primary amides is 1. The smallest absolute Gasteiger partial charge is 0.288 e. The molecule has 1 amide bonds. The first kappa shape index (κ1) is 17.1. The molecule has 0 spiro atoms. The molecule has 1 saturated heterocycles. The summed E-state index contributed by atoms with van der Waals surface area (Å²) in [5.41, 5.74) is 6.23. The Bertz CT molecular complexity index is 808. The van der Waals surface area contributed by atoms with Gasteiger partial charge in [-0.25, -0.2) is 9.97 Å². The van der Waals surface area contributed by atoms with Crippen molar-refractivity contribution in [1.82, 2.24) is 9.97 Å². The van der Waals surface area contributed by atoms with Gasteiger partial charge in [0.1, 0.15) is 12.0 Å². The maximum atomic E-state index is 11.7. The van der Waals surface area contributed by atoms with E-state index in [9.17, 15) is 14.9 Å². The number of hydrogen-bond donors (Lipinski definition) is 1. The maximum Gasteiger partial charge on any atom is 0.288 e. The van der Waals surface area contributed by atoms with Crippen molar-refractivity contribution >= 4 is 33.9 Å². The van der Waals surface area contributed by atoms with Crippen LogP contribution in [0.2, 0.25) is 0 Å². The third-order valence-corrected chi connectivity index (χ3v) is 5.02. The van der Waals surface area contributed by atoms with Gasteiger partial charge in [-0.1, -0.05) is 0 Å². The number of carbonyl (C=O) groups excluding carboxylic acids is 1. The number of thiazole rings is 1. The number of anilines is 2. The maximum absolute atomic E-state index is 11.7. The van der Waals surface area contributed by atoms with Crippen molar-refractivity contribution in [3.8, 4) is 0 Å². The third kappa shape index (κ3) is 3.68. The summed E-state index contributed by atoms with van der Waals surface area (Å²) < 4.78 is 0. The predicted molar refractivity (Wildman–Crippen MR) is 95.3 cm³/mol. The number of nitro groups is 1. The van der Waals surface area contributed by atoms with Gasteiger partial charge in [0, 0.05) is 37.6 Å². The molecule has 25 heavy (non-hydrogen) atoms. The van der Waals surface area contributed by atoms with Gasteiger partial charge in [0.15, 0.2) is 5.13 Å². The SMILES string of the molecule is Cc1csc(N2CCCN(c3ncc([N+](=O)[O-])cc3C(N)=O)CC2)n1. The van der Waals surface area contributed by atoms with Crippen LogP contribution >= 0.6 is 11.3 Å². The summed E-state index contributed by atoms with van der Waals surface area (Å²) in [4.78, 5) is 34.9. The number of nitrogens with two attached hydrogens (primary N) is 1. The molecule has 10 heteroatoms. The zero-order valence-corrected chi connectivity index (χ0v) is 14.5. The zero-order chi connectivity index (χ0) is 18.0. The Labute approximate surface area is 148 Å². The lowest BCUT2D eigenvalue weighted by Crippen LogP contribution is -2.32. The minimum atomic E-state index is -0.720. The van der Waals surface area contributed by atoms with Crippen LogP contribution in [0.25, 0.3) is 0 Å². The molecule has 1 aliphatic heterocycles. The lowest BCUT2D eigenvalue weighted by atomic mass is 10.2. The van der Waals surface area contributed by atoms with Gasteiger partial charge in [0.05, 0.1) is 16.2 Å². The summed E-state index contributed by atoms with van der Waals surface area (Å²) in [5.74, 6) is -0.321. The van der Waals surface area contributed by atoms with Gasteiger partial charge in [-0.3, -0.25) is 14.9 Å². The first-order valence-electron chi connectivity index (χ1n) is 7.82. The third-order valence-electron chi connectivity index (χ3n) is 4.00. The van der Waals surface area contributed by atoms with Crippen molar-refractivity contribution in [3.05, 3.63) is 39.0 Å². The van der Waals surface area contributed by atoms with Crippen molar-refractivity contribution in [2.75, 3.05) is 36.0 Å². The van der Waals surface area contributed by atoms with E-state index in [1.165, 1.54) is 6.07 Å². The van der Waals surface area contributed by atoms with Crippen LogP contribution in [0.4, 0.5) is 16.6 Å². The van der Waals surface area contributed by atoms with Crippen LogP contribution in [0.15, 0.2) is 17.6 Å². The molecule has 2 N–H and O–H groups in total. The number of amides is 1. The van der Waals surface area contributed by atoms with Crippen LogP contribution in [0.1, 0.15) is 22.5 Å². The molecule has 3 heterocycles. The number of carbonyl (C=O) groups is 1. The fraction of sp³-hybridized carbons (Fsp3) is 0.400. The minimum absolute atomic E-state index is 0.0766. The van der Waals surface area contributed by atoms with Crippen molar-refractivity contribution in [1.29, 1.82) is 0 Å². The molecule has 0 aliphatic carbocycles. The second kappa shape index (κ2) is 7.01. The summed E-state index contributed by atoms with van der Waals surface area (Å²) >= 11 is 1.61. The predicted octanol–water partition coefficient (Wildman–Crippen LogP) is 1.57. The lowest BCUT2D eigenvalue weighted by molar-refractivity contribution is -0.385. The van der Waals surface area contributed by atoms with E-state index in [-0.39, 0.29) is 11.3 Å². The highest BCUT2D eigenvalue weighted by Gasteiger charge is 2.23. The molecule has 0 bridgehead atoms. The van der Waals surface area contributed by atoms with E-state index in [1.54, 1.807) is 11.3 Å². The van der Waals surface area contributed by atoms with E-state index in [0.717, 1.165) is 36.5 Å². The number of aromatic nitrogens is 2. The molecule has 2 aromatic rings. The van der Waals surface area contributed by atoms with Crippen molar-refractivity contribution in [2.24, 2.45) is 5.73 Å². The van der Waals surface area contributed by atoms with E-state index < -0.39 is 10.8 Å². The van der Waals surface area contributed by atoms with Crippen molar-refractivity contribution in [3.63, 3.8) is 0 Å². The molecule has 1 fully saturated rings. The van der Waals surface area contributed by atoms with Crippen LogP contribution in [0.3, 0.4) is 0 Å². The van der Waals surface area contributed by atoms with Gasteiger partial charge in [-0.15, -0.1) is 11.3 Å². The van der Waals surface area contributed by atoms with Gasteiger partial charge in [0.2, 0.25) is 0 Å². The first-order chi connectivity index (χ1) is 12.0. The Morgan fingerprint density at radius 2 is 2.04 bits per heavy atom. The molecule has 9 nitrogen and oxygen atoms in total. The average Bonchev–Trinajstić information content (AvgIpc) is 2.87. The first-order valence-corrected chi connectivity index (χ1v) is 8.70. The fourth-order valence-corrected chi connectivity index (χ4v) is 3.64. The van der Waals surface area contributed by atoms with Crippen LogP contribution in [-0.4, -0.2) is 47.0 Å². The Morgan fingerprint density at radius 3 is 2.68 bits per heavy atom.